The summed E-state index contributed by atoms with van der Waals surface area (Å²) in [6.45, 7) is 3.84. The van der Waals surface area contributed by atoms with Crippen molar-refractivity contribution < 1.29 is 9.53 Å². The van der Waals surface area contributed by atoms with E-state index in [1.165, 1.54) is 0 Å². The van der Waals surface area contributed by atoms with Crippen LogP contribution in [0.15, 0.2) is 18.2 Å². The monoisotopic (exact) mass is 332 g/mol. The standard InChI is InChI=1S/C15H21ClN2O2.ClH/c1-9(2)20-14-12(16)4-3-5-13(14)18-15(19)10-6-7-11(17)8-10;/h3-5,9-11H,6-8,17H2,1-2H3,(H,18,19);1H. The average Bonchev–Trinajstić information content (AvgIpc) is 2.80. The van der Waals surface area contributed by atoms with Gasteiger partial charge < -0.3 is 15.8 Å². The van der Waals surface area contributed by atoms with Gasteiger partial charge in [-0.2, -0.15) is 0 Å². The van der Waals surface area contributed by atoms with Gasteiger partial charge in [0.1, 0.15) is 0 Å². The van der Waals surface area contributed by atoms with Gasteiger partial charge in [-0.25, -0.2) is 0 Å². The smallest absolute Gasteiger partial charge is 0.227 e. The summed E-state index contributed by atoms with van der Waals surface area (Å²) >= 11 is 6.14. The maximum absolute atomic E-state index is 12.2. The largest absolute Gasteiger partial charge is 0.487 e. The van der Waals surface area contributed by atoms with Gasteiger partial charge in [0.25, 0.3) is 0 Å². The van der Waals surface area contributed by atoms with Crippen molar-refractivity contribution in [1.29, 1.82) is 0 Å². The summed E-state index contributed by atoms with van der Waals surface area (Å²) in [5, 5.41) is 3.41. The van der Waals surface area contributed by atoms with Crippen molar-refractivity contribution in [3.05, 3.63) is 23.2 Å². The first-order valence-corrected chi connectivity index (χ1v) is 7.36. The van der Waals surface area contributed by atoms with Crippen LogP contribution in [-0.2, 0) is 4.79 Å². The molecule has 1 saturated carbocycles. The summed E-state index contributed by atoms with van der Waals surface area (Å²) in [5.74, 6) is 0.504. The topological polar surface area (TPSA) is 64.3 Å². The zero-order valence-electron chi connectivity index (χ0n) is 12.3. The minimum absolute atomic E-state index is 0. The molecular formula is C15H22Cl2N2O2. The van der Waals surface area contributed by atoms with E-state index in [1.807, 2.05) is 13.8 Å². The Balaban J connectivity index is 0.00000220. The molecule has 0 saturated heterocycles. The van der Waals surface area contributed by atoms with E-state index >= 15 is 0 Å². The zero-order valence-corrected chi connectivity index (χ0v) is 13.8. The molecule has 6 heteroatoms. The van der Waals surface area contributed by atoms with Gasteiger partial charge in [-0.05, 0) is 45.2 Å². The number of rotatable bonds is 4. The molecule has 1 amide bonds. The van der Waals surface area contributed by atoms with Crippen LogP contribution in [0.25, 0.3) is 0 Å². The predicted molar refractivity (Wildman–Crippen MR) is 88.4 cm³/mol. The summed E-state index contributed by atoms with van der Waals surface area (Å²) in [5.41, 5.74) is 6.47. The van der Waals surface area contributed by atoms with Crippen LogP contribution in [0.1, 0.15) is 33.1 Å². The van der Waals surface area contributed by atoms with E-state index in [9.17, 15) is 4.79 Å². The number of hydrogen-bond donors (Lipinski definition) is 2. The quantitative estimate of drug-likeness (QED) is 0.885. The van der Waals surface area contributed by atoms with E-state index in [4.69, 9.17) is 22.1 Å². The van der Waals surface area contributed by atoms with Gasteiger partial charge in [0.15, 0.2) is 5.75 Å². The first-order chi connectivity index (χ1) is 9.47. The van der Waals surface area contributed by atoms with Crippen LogP contribution < -0.4 is 15.8 Å². The number of benzene rings is 1. The summed E-state index contributed by atoms with van der Waals surface area (Å²) in [6, 6.07) is 5.49. The van der Waals surface area contributed by atoms with E-state index in [2.05, 4.69) is 5.32 Å². The molecule has 3 N–H and O–H groups in total. The van der Waals surface area contributed by atoms with Crippen LogP contribution in [0.3, 0.4) is 0 Å². The lowest BCUT2D eigenvalue weighted by Crippen LogP contribution is -2.23. The molecule has 1 fully saturated rings. The van der Waals surface area contributed by atoms with Crippen molar-refractivity contribution in [2.75, 3.05) is 5.32 Å². The molecule has 0 aliphatic heterocycles. The molecule has 2 rings (SSSR count). The number of nitrogens with two attached hydrogens (primary N) is 1. The second-order valence-electron chi connectivity index (χ2n) is 5.54. The Bertz CT molecular complexity index is 495. The van der Waals surface area contributed by atoms with Crippen molar-refractivity contribution in [2.45, 2.75) is 45.3 Å². The van der Waals surface area contributed by atoms with Crippen LogP contribution in [0, 0.1) is 5.92 Å². The highest BCUT2D eigenvalue weighted by atomic mass is 35.5. The molecule has 1 aliphatic rings. The van der Waals surface area contributed by atoms with Crippen molar-refractivity contribution in [2.24, 2.45) is 11.7 Å². The maximum atomic E-state index is 12.2. The van der Waals surface area contributed by atoms with Crippen LogP contribution in [0.5, 0.6) is 5.75 Å². The number of carbonyl (C=O) groups is 1. The molecule has 1 aromatic carbocycles. The minimum atomic E-state index is -0.0177. The van der Waals surface area contributed by atoms with Crippen molar-refractivity contribution in [3.63, 3.8) is 0 Å². The highest BCUT2D eigenvalue weighted by molar-refractivity contribution is 6.32. The Morgan fingerprint density at radius 1 is 1.43 bits per heavy atom. The molecule has 0 spiro atoms. The predicted octanol–water partition coefficient (Wildman–Crippen LogP) is 3.61. The van der Waals surface area contributed by atoms with Crippen LogP contribution >= 0.6 is 24.0 Å². The molecule has 0 aromatic heterocycles. The Labute approximate surface area is 136 Å². The normalized spacial score (nSPS) is 21.0. The Morgan fingerprint density at radius 3 is 2.71 bits per heavy atom. The zero-order chi connectivity index (χ0) is 14.7. The van der Waals surface area contributed by atoms with Gasteiger partial charge >= 0.3 is 0 Å². The number of amides is 1. The second-order valence-corrected chi connectivity index (χ2v) is 5.95. The average molecular weight is 333 g/mol. The fourth-order valence-electron chi connectivity index (χ4n) is 2.45. The summed E-state index contributed by atoms with van der Waals surface area (Å²) in [4.78, 5) is 12.2. The number of anilines is 1. The van der Waals surface area contributed by atoms with Gasteiger partial charge in [-0.15, -0.1) is 12.4 Å². The molecule has 2 atom stereocenters. The molecule has 2 unspecified atom stereocenters. The molecule has 118 valence electrons. The number of ether oxygens (including phenoxy) is 1. The molecule has 0 heterocycles. The lowest BCUT2D eigenvalue weighted by molar-refractivity contribution is -0.119. The first kappa shape index (κ1) is 18.1. The van der Waals surface area contributed by atoms with Crippen LogP contribution in [-0.4, -0.2) is 18.1 Å². The number of nitrogens with one attached hydrogen (secondary N) is 1. The molecule has 4 nitrogen and oxygen atoms in total. The number of hydrogen-bond acceptors (Lipinski definition) is 3. The van der Waals surface area contributed by atoms with Crippen molar-refractivity contribution >= 4 is 35.6 Å². The number of halogens is 2. The maximum Gasteiger partial charge on any atom is 0.227 e. The van der Waals surface area contributed by atoms with E-state index in [0.717, 1.165) is 19.3 Å². The van der Waals surface area contributed by atoms with E-state index < -0.39 is 0 Å². The molecule has 0 radical (unpaired) electrons. The highest BCUT2D eigenvalue weighted by Gasteiger charge is 2.28. The van der Waals surface area contributed by atoms with Crippen LogP contribution in [0.4, 0.5) is 5.69 Å². The first-order valence-electron chi connectivity index (χ1n) is 6.99. The SMILES string of the molecule is CC(C)Oc1c(Cl)cccc1NC(=O)C1CCC(N)C1.Cl. The van der Waals surface area contributed by atoms with Gasteiger partial charge in [0.05, 0.1) is 16.8 Å². The highest BCUT2D eigenvalue weighted by Crippen LogP contribution is 2.35. The van der Waals surface area contributed by atoms with Crippen LogP contribution in [0.2, 0.25) is 5.02 Å². The third kappa shape index (κ3) is 4.77. The Kier molecular flexibility index (Phi) is 6.78. The molecule has 1 aliphatic carbocycles. The summed E-state index contributed by atoms with van der Waals surface area (Å²) in [7, 11) is 0. The van der Waals surface area contributed by atoms with Gasteiger partial charge in [0.2, 0.25) is 5.91 Å². The summed E-state index contributed by atoms with van der Waals surface area (Å²) in [6.07, 6.45) is 2.48. The van der Waals surface area contributed by atoms with Crippen molar-refractivity contribution in [3.8, 4) is 5.75 Å². The third-order valence-electron chi connectivity index (χ3n) is 3.42. The fourth-order valence-corrected chi connectivity index (χ4v) is 2.67. The van der Waals surface area contributed by atoms with E-state index in [0.29, 0.717) is 16.5 Å². The van der Waals surface area contributed by atoms with Gasteiger partial charge in [-0.3, -0.25) is 4.79 Å². The lowest BCUT2D eigenvalue weighted by atomic mass is 10.1. The molecule has 0 bridgehead atoms. The minimum Gasteiger partial charge on any atom is -0.487 e. The lowest BCUT2D eigenvalue weighted by Gasteiger charge is -2.17. The van der Waals surface area contributed by atoms with Crippen molar-refractivity contribution in [1.82, 2.24) is 0 Å². The van der Waals surface area contributed by atoms with E-state index in [1.54, 1.807) is 18.2 Å². The Hall–Kier alpha value is -0.970. The third-order valence-corrected chi connectivity index (χ3v) is 3.72. The second kappa shape index (κ2) is 7.87. The number of para-hydroxylation sites is 1. The fraction of sp³-hybridized carbons (Fsp3) is 0.533. The van der Waals surface area contributed by atoms with Gasteiger partial charge in [0, 0.05) is 12.0 Å². The molecular weight excluding hydrogens is 311 g/mol. The Morgan fingerprint density at radius 2 is 2.14 bits per heavy atom. The molecule has 1 aromatic rings. The number of carbonyl (C=O) groups excluding carboxylic acids is 1. The molecule has 21 heavy (non-hydrogen) atoms. The van der Waals surface area contributed by atoms with E-state index in [-0.39, 0.29) is 36.4 Å². The summed E-state index contributed by atoms with van der Waals surface area (Å²) < 4.78 is 5.69. The van der Waals surface area contributed by atoms with Gasteiger partial charge in [-0.1, -0.05) is 17.7 Å².